The molecule has 0 fully saturated rings. The molecule has 1 N–H and O–H groups in total. The maximum atomic E-state index is 12.8. The minimum Gasteiger partial charge on any atom is -0.492 e. The zero-order valence-corrected chi connectivity index (χ0v) is 20.2. The van der Waals surface area contributed by atoms with Gasteiger partial charge in [-0.3, -0.25) is 8.98 Å². The van der Waals surface area contributed by atoms with Crippen molar-refractivity contribution >= 4 is 33.0 Å². The second kappa shape index (κ2) is 10.1. The van der Waals surface area contributed by atoms with Crippen LogP contribution in [0.5, 0.6) is 5.75 Å². The number of anilines is 1. The number of nitrogens with zero attached hydrogens (tertiary/aromatic N) is 2. The largest absolute Gasteiger partial charge is 0.492 e. The predicted molar refractivity (Wildman–Crippen MR) is 126 cm³/mol. The molecule has 1 heterocycles. The lowest BCUT2D eigenvalue weighted by molar-refractivity contribution is 0.103. The highest BCUT2D eigenvalue weighted by Gasteiger charge is 2.18. The van der Waals surface area contributed by atoms with Gasteiger partial charge in [0.15, 0.2) is 0 Å². The lowest BCUT2D eigenvalue weighted by Gasteiger charge is -2.10. The topological polar surface area (TPSA) is 118 Å². The minimum atomic E-state index is -3.80. The molecule has 0 aliphatic carbocycles. The number of carbonyl (C=O) groups excluding carboxylic acids is 1. The van der Waals surface area contributed by atoms with Crippen LogP contribution in [0.2, 0.25) is 0 Å². The van der Waals surface area contributed by atoms with E-state index in [2.05, 4.69) is 20.6 Å². The van der Waals surface area contributed by atoms with E-state index in [0.717, 1.165) is 7.11 Å². The number of rotatable bonds is 8. The van der Waals surface area contributed by atoms with Crippen molar-refractivity contribution in [2.24, 2.45) is 5.92 Å². The third kappa shape index (κ3) is 5.76. The zero-order chi connectivity index (χ0) is 24.2. The van der Waals surface area contributed by atoms with Gasteiger partial charge >= 0.3 is 0 Å². The molecule has 1 amide bonds. The molecule has 0 saturated heterocycles. The lowest BCUT2D eigenvalue weighted by atomic mass is 10.1. The van der Waals surface area contributed by atoms with Gasteiger partial charge in [-0.25, -0.2) is 4.98 Å². The summed E-state index contributed by atoms with van der Waals surface area (Å²) in [5.74, 6) is 0.482. The monoisotopic (exact) mass is 485 g/mol. The third-order valence-corrected chi connectivity index (χ3v) is 7.04. The number of amides is 1. The van der Waals surface area contributed by atoms with Gasteiger partial charge in [0.25, 0.3) is 16.0 Å². The van der Waals surface area contributed by atoms with Crippen LogP contribution in [0.25, 0.3) is 10.6 Å². The SMILES string of the molecule is COS(=O)(=O)c1ccc(NC(=O)c2sc(-c3ccc(OCC(C)C)c(C#N)c3)nc2C)cc1. The van der Waals surface area contributed by atoms with E-state index in [4.69, 9.17) is 4.74 Å². The highest BCUT2D eigenvalue weighted by Crippen LogP contribution is 2.32. The number of hydrogen-bond acceptors (Lipinski definition) is 8. The number of carbonyl (C=O) groups is 1. The van der Waals surface area contributed by atoms with Gasteiger partial charge in [-0.1, -0.05) is 13.8 Å². The van der Waals surface area contributed by atoms with E-state index in [1.165, 1.54) is 35.6 Å². The predicted octanol–water partition coefficient (Wildman–Crippen LogP) is 4.61. The first-order valence-corrected chi connectivity index (χ1v) is 12.2. The first kappa shape index (κ1) is 24.4. The van der Waals surface area contributed by atoms with Crippen LogP contribution >= 0.6 is 11.3 Å². The average Bonchev–Trinajstić information content (AvgIpc) is 3.19. The minimum absolute atomic E-state index is 0.00614. The molecule has 0 saturated carbocycles. The summed E-state index contributed by atoms with van der Waals surface area (Å²) in [7, 11) is -2.71. The van der Waals surface area contributed by atoms with Gasteiger partial charge in [-0.2, -0.15) is 13.7 Å². The van der Waals surface area contributed by atoms with Gasteiger partial charge in [0.05, 0.1) is 29.9 Å². The molecule has 3 aromatic rings. The van der Waals surface area contributed by atoms with Crippen molar-refractivity contribution in [1.82, 2.24) is 4.98 Å². The summed E-state index contributed by atoms with van der Waals surface area (Å²) >= 11 is 1.21. The van der Waals surface area contributed by atoms with Crippen molar-refractivity contribution in [3.63, 3.8) is 0 Å². The first-order chi connectivity index (χ1) is 15.6. The average molecular weight is 486 g/mol. The Hall–Kier alpha value is -3.26. The number of ether oxygens (including phenoxy) is 1. The lowest BCUT2D eigenvalue weighted by Crippen LogP contribution is -2.11. The Balaban J connectivity index is 1.80. The second-order valence-electron chi connectivity index (χ2n) is 7.56. The van der Waals surface area contributed by atoms with Gasteiger partial charge < -0.3 is 10.1 Å². The number of thiazole rings is 1. The fourth-order valence-corrected chi connectivity index (χ4v) is 4.47. The Morgan fingerprint density at radius 2 is 1.91 bits per heavy atom. The van der Waals surface area contributed by atoms with Crippen LogP contribution < -0.4 is 10.1 Å². The van der Waals surface area contributed by atoms with Crippen LogP contribution in [0.1, 0.15) is 34.8 Å². The molecule has 0 radical (unpaired) electrons. The smallest absolute Gasteiger partial charge is 0.296 e. The number of benzene rings is 2. The van der Waals surface area contributed by atoms with Crippen LogP contribution in [-0.2, 0) is 14.3 Å². The highest BCUT2D eigenvalue weighted by molar-refractivity contribution is 7.86. The fraction of sp³-hybridized carbons (Fsp3) is 0.261. The van der Waals surface area contributed by atoms with E-state index in [9.17, 15) is 18.5 Å². The number of aryl methyl sites for hydroxylation is 1. The molecular formula is C23H23N3O5S2. The highest BCUT2D eigenvalue weighted by atomic mass is 32.2. The summed E-state index contributed by atoms with van der Waals surface area (Å²) in [4.78, 5) is 17.7. The molecule has 0 aliphatic rings. The Morgan fingerprint density at radius 1 is 1.21 bits per heavy atom. The standard InChI is InChI=1S/C23H23N3O5S2/c1-14(2)13-31-20-10-5-16(11-17(20)12-24)23-25-15(3)21(32-23)22(27)26-18-6-8-19(9-7-18)33(28,29)30-4/h5-11,14H,13H2,1-4H3,(H,26,27). The van der Waals surface area contributed by atoms with Gasteiger partial charge in [-0.05, 0) is 55.3 Å². The summed E-state index contributed by atoms with van der Waals surface area (Å²) in [6.07, 6.45) is 0. The Labute approximate surface area is 196 Å². The molecule has 0 spiro atoms. The fourth-order valence-electron chi connectivity index (χ4n) is 2.85. The summed E-state index contributed by atoms with van der Waals surface area (Å²) in [6, 6.07) is 13.1. The van der Waals surface area contributed by atoms with E-state index in [1.807, 2.05) is 19.9 Å². The van der Waals surface area contributed by atoms with Crippen molar-refractivity contribution in [3.8, 4) is 22.4 Å². The summed E-state index contributed by atoms with van der Waals surface area (Å²) in [6.45, 7) is 6.30. The van der Waals surface area contributed by atoms with Crippen molar-refractivity contribution in [1.29, 1.82) is 5.26 Å². The molecule has 3 rings (SSSR count). The van der Waals surface area contributed by atoms with Gasteiger partial charge in [0, 0.05) is 11.3 Å². The molecule has 10 heteroatoms. The van der Waals surface area contributed by atoms with Crippen molar-refractivity contribution in [2.75, 3.05) is 19.0 Å². The maximum absolute atomic E-state index is 12.8. The van der Waals surface area contributed by atoms with Gasteiger partial charge in [0.1, 0.15) is 21.7 Å². The molecule has 2 aromatic carbocycles. The molecule has 8 nitrogen and oxygen atoms in total. The molecule has 0 unspecified atom stereocenters. The van der Waals surface area contributed by atoms with E-state index in [1.54, 1.807) is 19.1 Å². The second-order valence-corrected chi connectivity index (χ2v) is 10.3. The number of nitriles is 1. The van der Waals surface area contributed by atoms with Crippen LogP contribution in [0.3, 0.4) is 0 Å². The molecule has 33 heavy (non-hydrogen) atoms. The number of aromatic nitrogens is 1. The zero-order valence-electron chi connectivity index (χ0n) is 18.6. The molecule has 1 aromatic heterocycles. The van der Waals surface area contributed by atoms with Crippen molar-refractivity contribution < 1.29 is 22.1 Å². The van der Waals surface area contributed by atoms with Crippen molar-refractivity contribution in [3.05, 3.63) is 58.6 Å². The summed E-state index contributed by atoms with van der Waals surface area (Å²) in [5.41, 5.74) is 2.09. The molecule has 0 bridgehead atoms. The normalized spacial score (nSPS) is 11.3. The van der Waals surface area contributed by atoms with E-state index >= 15 is 0 Å². The molecule has 172 valence electrons. The number of nitrogens with one attached hydrogen (secondary N) is 1. The molecule has 0 atom stereocenters. The van der Waals surface area contributed by atoms with Crippen LogP contribution in [-0.4, -0.2) is 33.0 Å². The van der Waals surface area contributed by atoms with E-state index in [-0.39, 0.29) is 10.8 Å². The Morgan fingerprint density at radius 3 is 2.52 bits per heavy atom. The maximum Gasteiger partial charge on any atom is 0.296 e. The summed E-state index contributed by atoms with van der Waals surface area (Å²) < 4.78 is 33.6. The Kier molecular flexibility index (Phi) is 7.48. The van der Waals surface area contributed by atoms with Crippen LogP contribution in [0.15, 0.2) is 47.4 Å². The molecule has 0 aliphatic heterocycles. The first-order valence-electron chi connectivity index (χ1n) is 10.0. The van der Waals surface area contributed by atoms with Crippen LogP contribution in [0, 0.1) is 24.2 Å². The summed E-state index contributed by atoms with van der Waals surface area (Å²) in [5, 5.41) is 12.8. The van der Waals surface area contributed by atoms with Crippen molar-refractivity contribution in [2.45, 2.75) is 25.7 Å². The Bertz CT molecular complexity index is 1310. The van der Waals surface area contributed by atoms with Gasteiger partial charge in [-0.15, -0.1) is 11.3 Å². The third-order valence-electron chi connectivity index (χ3n) is 4.54. The van der Waals surface area contributed by atoms with Crippen LogP contribution in [0.4, 0.5) is 5.69 Å². The van der Waals surface area contributed by atoms with E-state index in [0.29, 0.717) is 50.7 Å². The number of hydrogen-bond donors (Lipinski definition) is 1. The molecular weight excluding hydrogens is 462 g/mol. The van der Waals surface area contributed by atoms with Gasteiger partial charge in [0.2, 0.25) is 0 Å². The van der Waals surface area contributed by atoms with E-state index < -0.39 is 10.1 Å². The quantitative estimate of drug-likeness (QED) is 0.463.